The van der Waals surface area contributed by atoms with Gasteiger partial charge in [-0.25, -0.2) is 0 Å². The second kappa shape index (κ2) is 10.0. The van der Waals surface area contributed by atoms with E-state index in [1.165, 1.54) is 0 Å². The first-order valence-electron chi connectivity index (χ1n) is 5.43. The van der Waals surface area contributed by atoms with Crippen molar-refractivity contribution >= 4 is 20.5 Å². The molecule has 0 aliphatic carbocycles. The van der Waals surface area contributed by atoms with Crippen LogP contribution in [0.3, 0.4) is 0 Å². The summed E-state index contributed by atoms with van der Waals surface area (Å²) in [5.74, 6) is -1.73. The number of carbonyl (C=O) groups is 2. The second-order valence-electron chi connectivity index (χ2n) is 3.46. The van der Waals surface area contributed by atoms with Crippen molar-refractivity contribution in [2.75, 3.05) is 19.8 Å². The van der Waals surface area contributed by atoms with Crippen LogP contribution in [-0.4, -0.2) is 59.0 Å². The van der Waals surface area contributed by atoms with Gasteiger partial charge < -0.3 is 34.6 Å². The zero-order valence-corrected chi connectivity index (χ0v) is 11.3. The number of hydrogen-bond donors (Lipinski definition) is 4. The van der Waals surface area contributed by atoms with Gasteiger partial charge in [0.15, 0.2) is 0 Å². The highest BCUT2D eigenvalue weighted by Crippen LogP contribution is 2.32. The number of aliphatic carboxylic acids is 1. The highest BCUT2D eigenvalue weighted by Gasteiger charge is 2.17. The molecule has 0 aromatic rings. The summed E-state index contributed by atoms with van der Waals surface area (Å²) in [6.07, 6.45) is -0.916. The van der Waals surface area contributed by atoms with Gasteiger partial charge in [0.25, 0.3) is 0 Å². The SMILES string of the molecule is CCC(=O)OC[C@@H](O)COP(O)OC[C@H](N)C(=O)O. The molecule has 0 aromatic heterocycles. The van der Waals surface area contributed by atoms with Gasteiger partial charge in [-0.2, -0.15) is 0 Å². The van der Waals surface area contributed by atoms with E-state index in [1.807, 2.05) is 0 Å². The number of carbonyl (C=O) groups excluding carboxylic acids is 1. The lowest BCUT2D eigenvalue weighted by atomic mass is 10.3. The van der Waals surface area contributed by atoms with E-state index in [2.05, 4.69) is 9.26 Å². The fraction of sp³-hybridized carbons (Fsp3) is 0.778. The van der Waals surface area contributed by atoms with Crippen molar-refractivity contribution < 1.29 is 38.5 Å². The predicted molar refractivity (Wildman–Crippen MR) is 63.9 cm³/mol. The molecule has 0 heterocycles. The van der Waals surface area contributed by atoms with Crippen molar-refractivity contribution in [2.45, 2.75) is 25.5 Å². The van der Waals surface area contributed by atoms with Gasteiger partial charge in [0.1, 0.15) is 18.8 Å². The maximum atomic E-state index is 10.8. The van der Waals surface area contributed by atoms with E-state index in [0.29, 0.717) is 0 Å². The molecule has 0 amide bonds. The van der Waals surface area contributed by atoms with Gasteiger partial charge in [-0.1, -0.05) is 6.92 Å². The van der Waals surface area contributed by atoms with Crippen LogP contribution in [0.15, 0.2) is 0 Å². The van der Waals surface area contributed by atoms with Gasteiger partial charge in [-0.3, -0.25) is 9.59 Å². The number of hydrogen-bond acceptors (Lipinski definition) is 8. The van der Waals surface area contributed by atoms with Crippen molar-refractivity contribution in [3.8, 4) is 0 Å². The number of esters is 1. The van der Waals surface area contributed by atoms with Crippen molar-refractivity contribution in [1.82, 2.24) is 0 Å². The van der Waals surface area contributed by atoms with E-state index in [9.17, 15) is 19.6 Å². The maximum absolute atomic E-state index is 10.8. The molecule has 0 aliphatic heterocycles. The zero-order valence-electron chi connectivity index (χ0n) is 10.4. The van der Waals surface area contributed by atoms with Crippen LogP contribution in [0.1, 0.15) is 13.3 Å². The van der Waals surface area contributed by atoms with Crippen LogP contribution < -0.4 is 5.73 Å². The molecule has 0 spiro atoms. The van der Waals surface area contributed by atoms with Gasteiger partial charge in [0, 0.05) is 6.42 Å². The first-order valence-corrected chi connectivity index (χ1v) is 6.56. The summed E-state index contributed by atoms with van der Waals surface area (Å²) in [6, 6.07) is -1.27. The lowest BCUT2D eigenvalue weighted by Gasteiger charge is -2.15. The third-order valence-corrected chi connectivity index (χ3v) is 2.52. The largest absolute Gasteiger partial charge is 0.480 e. The Hall–Kier alpha value is -0.830. The summed E-state index contributed by atoms with van der Waals surface area (Å²) in [4.78, 5) is 30.3. The van der Waals surface area contributed by atoms with Crippen LogP contribution in [0.25, 0.3) is 0 Å². The predicted octanol–water partition coefficient (Wildman–Crippen LogP) is -1.04. The molecule has 0 fully saturated rings. The molecule has 0 aliphatic rings. The van der Waals surface area contributed by atoms with E-state index >= 15 is 0 Å². The number of carboxylic acid groups (broad SMARTS) is 1. The molecule has 3 atom stereocenters. The molecule has 0 aromatic carbocycles. The summed E-state index contributed by atoms with van der Waals surface area (Å²) in [7, 11) is -2.34. The molecule has 1 unspecified atom stereocenters. The average molecular weight is 299 g/mol. The molecule has 0 bridgehead atoms. The topological polar surface area (TPSA) is 149 Å². The van der Waals surface area contributed by atoms with Gasteiger partial charge >= 0.3 is 20.5 Å². The molecule has 10 heteroatoms. The molecule has 0 rings (SSSR count). The van der Waals surface area contributed by atoms with Gasteiger partial charge in [0.2, 0.25) is 0 Å². The number of aliphatic hydroxyl groups excluding tert-OH is 1. The van der Waals surface area contributed by atoms with E-state index in [1.54, 1.807) is 6.92 Å². The van der Waals surface area contributed by atoms with Crippen molar-refractivity contribution in [3.05, 3.63) is 0 Å². The van der Waals surface area contributed by atoms with E-state index in [-0.39, 0.29) is 19.6 Å². The van der Waals surface area contributed by atoms with Crippen LogP contribution in [0.2, 0.25) is 0 Å². The Labute approximate surface area is 111 Å². The Kier molecular flexibility index (Phi) is 9.58. The van der Waals surface area contributed by atoms with Crippen LogP contribution >= 0.6 is 8.60 Å². The average Bonchev–Trinajstić information content (AvgIpc) is 2.39. The summed E-state index contributed by atoms with van der Waals surface area (Å²) >= 11 is 0. The minimum Gasteiger partial charge on any atom is -0.480 e. The summed E-state index contributed by atoms with van der Waals surface area (Å²) in [5.41, 5.74) is 5.13. The standard InChI is InChI=1S/C9H18NO8P/c1-2-8(12)16-3-6(11)4-17-19(15)18-5-7(10)9(13)14/h6-7,11,15H,2-5,10H2,1H3,(H,13,14)/t6-,7+,19?/m1/s1. The van der Waals surface area contributed by atoms with E-state index in [0.717, 1.165) is 0 Å². The fourth-order valence-electron chi connectivity index (χ4n) is 0.742. The van der Waals surface area contributed by atoms with Crippen LogP contribution in [0, 0.1) is 0 Å². The molecule has 9 nitrogen and oxygen atoms in total. The minimum atomic E-state index is -2.34. The van der Waals surface area contributed by atoms with Crippen molar-refractivity contribution in [3.63, 3.8) is 0 Å². The first kappa shape index (κ1) is 18.2. The third kappa shape index (κ3) is 9.71. The molecular weight excluding hydrogens is 281 g/mol. The Morgan fingerprint density at radius 2 is 1.84 bits per heavy atom. The third-order valence-electron chi connectivity index (χ3n) is 1.78. The Morgan fingerprint density at radius 3 is 2.37 bits per heavy atom. The lowest BCUT2D eigenvalue weighted by molar-refractivity contribution is -0.146. The highest BCUT2D eigenvalue weighted by molar-refractivity contribution is 7.40. The highest BCUT2D eigenvalue weighted by atomic mass is 31.2. The van der Waals surface area contributed by atoms with Gasteiger partial charge in [-0.05, 0) is 0 Å². The van der Waals surface area contributed by atoms with E-state index in [4.69, 9.17) is 15.4 Å². The van der Waals surface area contributed by atoms with Gasteiger partial charge in [-0.15, -0.1) is 0 Å². The molecule has 0 saturated heterocycles. The fourth-order valence-corrected chi connectivity index (χ4v) is 1.40. The van der Waals surface area contributed by atoms with Crippen LogP contribution in [-0.2, 0) is 23.4 Å². The maximum Gasteiger partial charge on any atom is 0.330 e. The zero-order chi connectivity index (χ0) is 14.8. The molecule has 112 valence electrons. The Morgan fingerprint density at radius 1 is 1.26 bits per heavy atom. The normalized spacial score (nSPS) is 15.6. The number of ether oxygens (including phenoxy) is 1. The summed E-state index contributed by atoms with van der Waals surface area (Å²) < 4.78 is 14.0. The summed E-state index contributed by atoms with van der Waals surface area (Å²) in [5, 5.41) is 17.8. The molecule has 19 heavy (non-hydrogen) atoms. The van der Waals surface area contributed by atoms with Gasteiger partial charge in [0.05, 0.1) is 13.2 Å². The quantitative estimate of drug-likeness (QED) is 0.293. The monoisotopic (exact) mass is 299 g/mol. The molecule has 0 radical (unpaired) electrons. The second-order valence-corrected chi connectivity index (χ2v) is 4.46. The van der Waals surface area contributed by atoms with Crippen molar-refractivity contribution in [1.29, 1.82) is 0 Å². The Bertz CT molecular complexity index is 289. The first-order chi connectivity index (χ1) is 8.86. The van der Waals surface area contributed by atoms with Crippen molar-refractivity contribution in [2.24, 2.45) is 5.73 Å². The van der Waals surface area contributed by atoms with Crippen LogP contribution in [0.4, 0.5) is 0 Å². The molecule has 0 saturated carbocycles. The smallest absolute Gasteiger partial charge is 0.330 e. The summed E-state index contributed by atoms with van der Waals surface area (Å²) in [6.45, 7) is 0.613. The number of rotatable bonds is 10. The number of nitrogens with two attached hydrogens (primary N) is 1. The number of aliphatic hydroxyl groups is 1. The Balaban J connectivity index is 3.69. The lowest BCUT2D eigenvalue weighted by Crippen LogP contribution is -2.34. The molecular formula is C9H18NO8P. The molecule has 5 N–H and O–H groups in total. The minimum absolute atomic E-state index is 0.191. The van der Waals surface area contributed by atoms with E-state index < -0.39 is 39.3 Å². The van der Waals surface area contributed by atoms with Crippen LogP contribution in [0.5, 0.6) is 0 Å². The number of carboxylic acids is 1.